The molecule has 1 aliphatic rings. The molecule has 1 saturated heterocycles. The molecule has 1 aromatic heterocycles. The molecular formula is C16H16ClF3N4O. The number of amides is 1. The van der Waals surface area contributed by atoms with Crippen molar-refractivity contribution in [2.45, 2.75) is 12.7 Å². The molecule has 5 nitrogen and oxygen atoms in total. The number of nitrogens with zero attached hydrogens (tertiary/aromatic N) is 3. The van der Waals surface area contributed by atoms with E-state index < -0.39 is 11.7 Å². The largest absolute Gasteiger partial charge is 0.416 e. The normalized spacial score (nSPS) is 16.2. The minimum atomic E-state index is -4.34. The minimum Gasteiger partial charge on any atom is -0.335 e. The molecule has 9 heteroatoms. The second-order valence-electron chi connectivity index (χ2n) is 5.86. The fourth-order valence-electron chi connectivity index (χ4n) is 2.79. The van der Waals surface area contributed by atoms with E-state index in [1.165, 1.54) is 18.3 Å². The van der Waals surface area contributed by atoms with Crippen LogP contribution >= 0.6 is 11.6 Å². The molecule has 2 heterocycles. The van der Waals surface area contributed by atoms with E-state index in [1.54, 1.807) is 11.0 Å². The predicted octanol–water partition coefficient (Wildman–Crippen LogP) is 3.04. The Morgan fingerprint density at radius 2 is 1.96 bits per heavy atom. The quantitative estimate of drug-likeness (QED) is 0.901. The van der Waals surface area contributed by atoms with Crippen molar-refractivity contribution in [2.24, 2.45) is 0 Å². The number of benzene rings is 1. The summed E-state index contributed by atoms with van der Waals surface area (Å²) in [5.41, 5.74) is 0.215. The number of hydrogen-bond acceptors (Lipinski definition) is 3. The first-order valence-electron chi connectivity index (χ1n) is 7.71. The lowest BCUT2D eigenvalue weighted by Gasteiger charge is -2.34. The van der Waals surface area contributed by atoms with E-state index >= 15 is 0 Å². The van der Waals surface area contributed by atoms with Crippen molar-refractivity contribution < 1.29 is 18.0 Å². The molecule has 3 rings (SSSR count). The molecule has 1 N–H and O–H groups in total. The molecule has 0 unspecified atom stereocenters. The molecule has 0 spiro atoms. The third-order valence-corrected chi connectivity index (χ3v) is 4.41. The van der Waals surface area contributed by atoms with Crippen molar-refractivity contribution >= 4 is 17.5 Å². The molecule has 2 aromatic rings. The molecular weight excluding hydrogens is 357 g/mol. The predicted molar refractivity (Wildman–Crippen MR) is 86.2 cm³/mol. The van der Waals surface area contributed by atoms with Gasteiger partial charge in [0.2, 0.25) is 0 Å². The van der Waals surface area contributed by atoms with Crippen molar-refractivity contribution in [1.82, 2.24) is 20.0 Å². The summed E-state index contributed by atoms with van der Waals surface area (Å²) in [6.07, 6.45) is -2.97. The monoisotopic (exact) mass is 372 g/mol. The summed E-state index contributed by atoms with van der Waals surface area (Å²) >= 11 is 5.90. The zero-order chi connectivity index (χ0) is 18.0. The molecule has 1 aliphatic heterocycles. The highest BCUT2D eigenvalue weighted by atomic mass is 35.5. The first-order valence-corrected chi connectivity index (χ1v) is 8.09. The van der Waals surface area contributed by atoms with Gasteiger partial charge in [-0.25, -0.2) is 0 Å². The maximum Gasteiger partial charge on any atom is 0.416 e. The van der Waals surface area contributed by atoms with Gasteiger partial charge in [-0.3, -0.25) is 14.8 Å². The smallest absolute Gasteiger partial charge is 0.335 e. The van der Waals surface area contributed by atoms with Crippen LogP contribution in [0.1, 0.15) is 21.6 Å². The van der Waals surface area contributed by atoms with Crippen LogP contribution in [0, 0.1) is 0 Å². The minimum absolute atomic E-state index is 0.221. The summed E-state index contributed by atoms with van der Waals surface area (Å²) in [5.74, 6) is -0.221. The van der Waals surface area contributed by atoms with Gasteiger partial charge < -0.3 is 4.90 Å². The molecule has 1 fully saturated rings. The van der Waals surface area contributed by atoms with Crippen LogP contribution in [0.4, 0.5) is 13.2 Å². The molecule has 1 aromatic carbocycles. The number of carbonyl (C=O) groups is 1. The standard InChI is InChI=1S/C16H16ClF3N4O/c17-13-9-21-22-14(13)15(25)24-6-4-23(5-7-24)10-11-2-1-3-12(8-11)16(18,19)20/h1-3,8-9H,4-7,10H2,(H,21,22). The van der Waals surface area contributed by atoms with Crippen LogP contribution in [0.25, 0.3) is 0 Å². The summed E-state index contributed by atoms with van der Waals surface area (Å²) < 4.78 is 38.3. The van der Waals surface area contributed by atoms with E-state index in [4.69, 9.17) is 11.6 Å². The molecule has 25 heavy (non-hydrogen) atoms. The Morgan fingerprint density at radius 3 is 2.56 bits per heavy atom. The second kappa shape index (κ2) is 7.05. The number of hydrogen-bond donors (Lipinski definition) is 1. The molecule has 0 bridgehead atoms. The van der Waals surface area contributed by atoms with Gasteiger partial charge in [-0.2, -0.15) is 18.3 Å². The average molecular weight is 373 g/mol. The average Bonchev–Trinajstić information content (AvgIpc) is 3.00. The van der Waals surface area contributed by atoms with Gasteiger partial charge in [-0.05, 0) is 11.6 Å². The molecule has 1 amide bonds. The first-order chi connectivity index (χ1) is 11.8. The Hall–Kier alpha value is -2.06. The van der Waals surface area contributed by atoms with Crippen LogP contribution in [-0.2, 0) is 12.7 Å². The molecule has 0 saturated carbocycles. The summed E-state index contributed by atoms with van der Waals surface area (Å²) in [5, 5.41) is 6.58. The zero-order valence-electron chi connectivity index (χ0n) is 13.2. The van der Waals surface area contributed by atoms with Crippen LogP contribution in [0.5, 0.6) is 0 Å². The van der Waals surface area contributed by atoms with Gasteiger partial charge >= 0.3 is 6.18 Å². The van der Waals surface area contributed by atoms with Crippen molar-refractivity contribution in [3.8, 4) is 0 Å². The van der Waals surface area contributed by atoms with Crippen molar-refractivity contribution in [3.05, 3.63) is 52.3 Å². The van der Waals surface area contributed by atoms with E-state index in [-0.39, 0.29) is 16.6 Å². The Bertz CT molecular complexity index is 754. The van der Waals surface area contributed by atoms with E-state index in [0.717, 1.165) is 6.07 Å². The zero-order valence-corrected chi connectivity index (χ0v) is 13.9. The highest BCUT2D eigenvalue weighted by molar-refractivity contribution is 6.33. The lowest BCUT2D eigenvalue weighted by Crippen LogP contribution is -2.48. The molecule has 134 valence electrons. The van der Waals surface area contributed by atoms with Crippen LogP contribution in [0.3, 0.4) is 0 Å². The van der Waals surface area contributed by atoms with Crippen LogP contribution < -0.4 is 0 Å². The number of H-pyrrole nitrogens is 1. The number of piperazine rings is 1. The summed E-state index contributed by atoms with van der Waals surface area (Å²) in [6.45, 7) is 2.53. The number of halogens is 4. The number of rotatable bonds is 3. The summed E-state index contributed by atoms with van der Waals surface area (Å²) in [6, 6.07) is 5.32. The SMILES string of the molecule is O=C(c1[nH]ncc1Cl)N1CCN(Cc2cccc(C(F)(F)F)c2)CC1. The van der Waals surface area contributed by atoms with Crippen molar-refractivity contribution in [2.75, 3.05) is 26.2 Å². The van der Waals surface area contributed by atoms with Gasteiger partial charge in [0.15, 0.2) is 0 Å². The fraction of sp³-hybridized carbons (Fsp3) is 0.375. The van der Waals surface area contributed by atoms with E-state index in [1.807, 2.05) is 4.90 Å². The van der Waals surface area contributed by atoms with Gasteiger partial charge in [0.1, 0.15) is 5.69 Å². The van der Waals surface area contributed by atoms with Gasteiger partial charge in [0, 0.05) is 32.7 Å². The first kappa shape index (κ1) is 17.8. The van der Waals surface area contributed by atoms with Gasteiger partial charge in [-0.1, -0.05) is 29.8 Å². The van der Waals surface area contributed by atoms with Crippen LogP contribution in [0.15, 0.2) is 30.5 Å². The Morgan fingerprint density at radius 1 is 1.24 bits per heavy atom. The number of nitrogens with one attached hydrogen (secondary N) is 1. The Labute approximate surface area is 147 Å². The van der Waals surface area contributed by atoms with Gasteiger partial charge in [0.25, 0.3) is 5.91 Å². The lowest BCUT2D eigenvalue weighted by atomic mass is 10.1. The second-order valence-corrected chi connectivity index (χ2v) is 6.27. The molecule has 0 radical (unpaired) electrons. The maximum absolute atomic E-state index is 12.8. The summed E-state index contributed by atoms with van der Waals surface area (Å²) in [4.78, 5) is 16.0. The Kier molecular flexibility index (Phi) is 5.01. The number of alkyl halides is 3. The summed E-state index contributed by atoms with van der Waals surface area (Å²) in [7, 11) is 0. The van der Waals surface area contributed by atoms with Crippen LogP contribution in [-0.4, -0.2) is 52.1 Å². The molecule has 0 atom stereocenters. The van der Waals surface area contributed by atoms with E-state index in [9.17, 15) is 18.0 Å². The Balaban J connectivity index is 1.58. The topological polar surface area (TPSA) is 52.2 Å². The van der Waals surface area contributed by atoms with E-state index in [2.05, 4.69) is 10.2 Å². The maximum atomic E-state index is 12.8. The molecule has 0 aliphatic carbocycles. The number of aromatic nitrogens is 2. The number of aromatic amines is 1. The van der Waals surface area contributed by atoms with Crippen LogP contribution in [0.2, 0.25) is 5.02 Å². The number of carbonyl (C=O) groups excluding carboxylic acids is 1. The van der Waals surface area contributed by atoms with Gasteiger partial charge in [-0.15, -0.1) is 0 Å². The highest BCUT2D eigenvalue weighted by Gasteiger charge is 2.30. The lowest BCUT2D eigenvalue weighted by molar-refractivity contribution is -0.137. The van der Waals surface area contributed by atoms with E-state index in [0.29, 0.717) is 38.3 Å². The van der Waals surface area contributed by atoms with Crippen molar-refractivity contribution in [1.29, 1.82) is 0 Å². The van der Waals surface area contributed by atoms with Crippen molar-refractivity contribution in [3.63, 3.8) is 0 Å². The van der Waals surface area contributed by atoms with Gasteiger partial charge in [0.05, 0.1) is 16.8 Å². The fourth-order valence-corrected chi connectivity index (χ4v) is 2.96. The third-order valence-electron chi connectivity index (χ3n) is 4.13. The third kappa shape index (κ3) is 4.13. The highest BCUT2D eigenvalue weighted by Crippen LogP contribution is 2.29.